The Balaban J connectivity index is 2.29. The average Bonchev–Trinajstić information content (AvgIpc) is 2.81. The number of sulfonamides is 1. The van der Waals surface area contributed by atoms with Crippen LogP contribution in [0.1, 0.15) is 10.6 Å². The van der Waals surface area contributed by atoms with Crippen LogP contribution in [0.5, 0.6) is 0 Å². The molecule has 0 fully saturated rings. The average molecular weight is 308 g/mol. The molecule has 0 atom stereocenters. The Morgan fingerprint density at radius 1 is 1.40 bits per heavy atom. The highest BCUT2D eigenvalue weighted by molar-refractivity contribution is 7.93. The van der Waals surface area contributed by atoms with Crippen LogP contribution in [0.4, 0.5) is 5.13 Å². The summed E-state index contributed by atoms with van der Waals surface area (Å²) in [5.74, 6) is 5.47. The molecule has 0 amide bonds. The minimum atomic E-state index is -3.69. The fraction of sp³-hybridized carbons (Fsp3) is 0.167. The molecule has 20 heavy (non-hydrogen) atoms. The van der Waals surface area contributed by atoms with Crippen molar-refractivity contribution in [3.8, 4) is 11.8 Å². The standard InChI is InChI=1S/C12H12N4O2S2/c1-9-14-15-12(19-9)16-20(17,18)11-6-2-4-10(8-11)5-3-7-13/h2,4,6,8H,7,13H2,1H3,(H,15,16). The smallest absolute Gasteiger partial charge is 0.263 e. The Kier molecular flexibility index (Phi) is 4.34. The Morgan fingerprint density at radius 2 is 2.20 bits per heavy atom. The monoisotopic (exact) mass is 308 g/mol. The zero-order chi connectivity index (χ0) is 14.6. The molecule has 0 spiro atoms. The molecule has 2 aromatic rings. The molecule has 0 saturated carbocycles. The molecule has 0 aliphatic carbocycles. The third kappa shape index (κ3) is 3.54. The van der Waals surface area contributed by atoms with Crippen LogP contribution in [-0.4, -0.2) is 25.2 Å². The number of aryl methyl sites for hydroxylation is 1. The van der Waals surface area contributed by atoms with E-state index in [0.29, 0.717) is 10.6 Å². The van der Waals surface area contributed by atoms with E-state index in [4.69, 9.17) is 5.73 Å². The molecule has 0 aliphatic heterocycles. The first-order valence-electron chi connectivity index (χ1n) is 5.63. The van der Waals surface area contributed by atoms with Crippen LogP contribution < -0.4 is 10.5 Å². The summed E-state index contributed by atoms with van der Waals surface area (Å²) in [5.41, 5.74) is 5.88. The Morgan fingerprint density at radius 3 is 2.85 bits per heavy atom. The number of nitrogens with zero attached hydrogens (tertiary/aromatic N) is 2. The minimum absolute atomic E-state index is 0.120. The highest BCUT2D eigenvalue weighted by Gasteiger charge is 2.16. The van der Waals surface area contributed by atoms with Crippen molar-refractivity contribution in [1.29, 1.82) is 0 Å². The van der Waals surface area contributed by atoms with E-state index in [1.807, 2.05) is 0 Å². The second kappa shape index (κ2) is 6.00. The molecule has 3 N–H and O–H groups in total. The zero-order valence-electron chi connectivity index (χ0n) is 10.6. The minimum Gasteiger partial charge on any atom is -0.320 e. The summed E-state index contributed by atoms with van der Waals surface area (Å²) in [7, 11) is -3.69. The van der Waals surface area contributed by atoms with Gasteiger partial charge in [-0.1, -0.05) is 29.2 Å². The highest BCUT2D eigenvalue weighted by atomic mass is 32.2. The zero-order valence-corrected chi connectivity index (χ0v) is 12.3. The SMILES string of the molecule is Cc1nnc(NS(=O)(=O)c2cccc(C#CCN)c2)s1. The van der Waals surface area contributed by atoms with E-state index >= 15 is 0 Å². The fourth-order valence-electron chi connectivity index (χ4n) is 1.41. The van der Waals surface area contributed by atoms with E-state index in [2.05, 4.69) is 26.8 Å². The first-order chi connectivity index (χ1) is 9.51. The number of nitrogens with one attached hydrogen (secondary N) is 1. The number of hydrogen-bond acceptors (Lipinski definition) is 6. The lowest BCUT2D eigenvalue weighted by Gasteiger charge is -2.04. The van der Waals surface area contributed by atoms with Gasteiger partial charge in [0.05, 0.1) is 11.4 Å². The quantitative estimate of drug-likeness (QED) is 0.823. The maximum Gasteiger partial charge on any atom is 0.263 e. The third-order valence-electron chi connectivity index (χ3n) is 2.23. The lowest BCUT2D eigenvalue weighted by molar-refractivity contribution is 0.601. The molecule has 1 aromatic heterocycles. The van der Waals surface area contributed by atoms with Gasteiger partial charge < -0.3 is 5.73 Å². The largest absolute Gasteiger partial charge is 0.320 e. The molecule has 0 aliphatic rings. The summed E-state index contributed by atoms with van der Waals surface area (Å²) in [6.07, 6.45) is 0. The molecular weight excluding hydrogens is 296 g/mol. The van der Waals surface area contributed by atoms with Gasteiger partial charge in [0.2, 0.25) is 5.13 Å². The maximum atomic E-state index is 12.2. The fourth-order valence-corrected chi connectivity index (χ4v) is 3.27. The summed E-state index contributed by atoms with van der Waals surface area (Å²) in [4.78, 5) is 0.120. The van der Waals surface area contributed by atoms with Crippen LogP contribution in [0.3, 0.4) is 0 Å². The Bertz CT molecular complexity index is 772. The number of rotatable bonds is 3. The topological polar surface area (TPSA) is 98.0 Å². The second-order valence-corrected chi connectivity index (χ2v) is 6.63. The van der Waals surface area contributed by atoms with Gasteiger partial charge in [-0.15, -0.1) is 10.2 Å². The first kappa shape index (κ1) is 14.5. The molecule has 6 nitrogen and oxygen atoms in total. The van der Waals surface area contributed by atoms with Gasteiger partial charge in [-0.05, 0) is 25.1 Å². The van der Waals surface area contributed by atoms with E-state index < -0.39 is 10.0 Å². The van der Waals surface area contributed by atoms with Gasteiger partial charge in [-0.3, -0.25) is 4.72 Å². The number of benzene rings is 1. The molecule has 0 radical (unpaired) electrons. The highest BCUT2D eigenvalue weighted by Crippen LogP contribution is 2.19. The van der Waals surface area contributed by atoms with Crippen LogP contribution >= 0.6 is 11.3 Å². The summed E-state index contributed by atoms with van der Waals surface area (Å²) < 4.78 is 26.8. The van der Waals surface area contributed by atoms with Crippen LogP contribution in [0.2, 0.25) is 0 Å². The van der Waals surface area contributed by atoms with Crippen LogP contribution in [0.25, 0.3) is 0 Å². The van der Waals surface area contributed by atoms with Gasteiger partial charge in [-0.2, -0.15) is 0 Å². The molecule has 0 unspecified atom stereocenters. The van der Waals surface area contributed by atoms with Crippen molar-refractivity contribution in [3.63, 3.8) is 0 Å². The van der Waals surface area contributed by atoms with Gasteiger partial charge in [0.1, 0.15) is 5.01 Å². The van der Waals surface area contributed by atoms with Crippen LogP contribution in [0.15, 0.2) is 29.2 Å². The summed E-state index contributed by atoms with van der Waals surface area (Å²) in [5, 5.41) is 8.41. The van der Waals surface area contributed by atoms with Crippen molar-refractivity contribution < 1.29 is 8.42 Å². The number of nitrogens with two attached hydrogens (primary N) is 1. The van der Waals surface area contributed by atoms with E-state index in [0.717, 1.165) is 0 Å². The molecule has 0 bridgehead atoms. The van der Waals surface area contributed by atoms with Crippen LogP contribution in [0, 0.1) is 18.8 Å². The Hall–Kier alpha value is -1.95. The molecule has 1 aromatic carbocycles. The van der Waals surface area contributed by atoms with E-state index in [-0.39, 0.29) is 16.6 Å². The van der Waals surface area contributed by atoms with Crippen molar-refractivity contribution in [2.24, 2.45) is 5.73 Å². The predicted molar refractivity (Wildman–Crippen MR) is 77.8 cm³/mol. The van der Waals surface area contributed by atoms with Gasteiger partial charge in [-0.25, -0.2) is 8.42 Å². The molecule has 2 rings (SSSR count). The first-order valence-corrected chi connectivity index (χ1v) is 7.93. The number of aromatic nitrogens is 2. The summed E-state index contributed by atoms with van der Waals surface area (Å²) in [6, 6.07) is 6.32. The van der Waals surface area contributed by atoms with Crippen molar-refractivity contribution in [3.05, 3.63) is 34.8 Å². The molecule has 0 saturated heterocycles. The second-order valence-electron chi connectivity index (χ2n) is 3.77. The molecule has 8 heteroatoms. The predicted octanol–water partition coefficient (Wildman–Crippen LogP) is 0.958. The molecule has 1 heterocycles. The van der Waals surface area contributed by atoms with E-state index in [9.17, 15) is 8.42 Å². The van der Waals surface area contributed by atoms with Gasteiger partial charge in [0.15, 0.2) is 0 Å². The molecule has 104 valence electrons. The van der Waals surface area contributed by atoms with Gasteiger partial charge in [0, 0.05) is 5.56 Å². The van der Waals surface area contributed by atoms with Crippen molar-refractivity contribution in [1.82, 2.24) is 10.2 Å². The lowest BCUT2D eigenvalue weighted by atomic mass is 10.2. The normalized spacial score (nSPS) is 10.7. The van der Waals surface area contributed by atoms with Gasteiger partial charge >= 0.3 is 0 Å². The third-order valence-corrected chi connectivity index (χ3v) is 4.45. The maximum absolute atomic E-state index is 12.2. The summed E-state index contributed by atoms with van der Waals surface area (Å²) >= 11 is 1.17. The number of hydrogen-bond donors (Lipinski definition) is 2. The number of anilines is 1. The van der Waals surface area contributed by atoms with Crippen molar-refractivity contribution in [2.75, 3.05) is 11.3 Å². The van der Waals surface area contributed by atoms with Crippen molar-refractivity contribution >= 4 is 26.5 Å². The van der Waals surface area contributed by atoms with E-state index in [1.54, 1.807) is 19.1 Å². The molecular formula is C12H12N4O2S2. The lowest BCUT2D eigenvalue weighted by Crippen LogP contribution is -2.12. The Labute approximate surface area is 121 Å². The van der Waals surface area contributed by atoms with E-state index in [1.165, 1.54) is 23.5 Å². The van der Waals surface area contributed by atoms with Crippen LogP contribution in [-0.2, 0) is 10.0 Å². The van der Waals surface area contributed by atoms with Crippen molar-refractivity contribution in [2.45, 2.75) is 11.8 Å². The summed E-state index contributed by atoms with van der Waals surface area (Å²) in [6.45, 7) is 1.97. The van der Waals surface area contributed by atoms with Gasteiger partial charge in [0.25, 0.3) is 10.0 Å².